The molecule has 0 spiro atoms. The lowest BCUT2D eigenvalue weighted by molar-refractivity contribution is 0.0893. The molecule has 388 valence electrons. The highest BCUT2D eigenvalue weighted by atomic mass is 79.9. The van der Waals surface area contributed by atoms with Crippen LogP contribution in [-0.2, 0) is 4.74 Å². The zero-order valence-electron chi connectivity index (χ0n) is 42.1. The van der Waals surface area contributed by atoms with Crippen LogP contribution in [0.25, 0.3) is 64.4 Å². The Morgan fingerprint density at radius 2 is 0.974 bits per heavy atom. The fourth-order valence-corrected chi connectivity index (χ4v) is 10.6. The van der Waals surface area contributed by atoms with Crippen molar-refractivity contribution in [1.29, 1.82) is 0 Å². The zero-order chi connectivity index (χ0) is 52.8. The van der Waals surface area contributed by atoms with Crippen LogP contribution in [0.4, 0.5) is 11.4 Å². The molecule has 4 aromatic carbocycles. The number of benzene rings is 4. The number of piperazine rings is 1. The normalized spacial score (nSPS) is 12.7. The third kappa shape index (κ3) is 13.6. The van der Waals surface area contributed by atoms with E-state index in [9.17, 15) is 9.59 Å². The second kappa shape index (κ2) is 25.8. The third-order valence-corrected chi connectivity index (χ3v) is 14.8. The van der Waals surface area contributed by atoms with E-state index >= 15 is 0 Å². The molecule has 1 saturated heterocycles. The molecule has 0 bridgehead atoms. The van der Waals surface area contributed by atoms with Crippen LogP contribution >= 0.6 is 38.6 Å². The summed E-state index contributed by atoms with van der Waals surface area (Å²) >= 11 is 6.35. The number of hydrogen-bond acceptors (Lipinski definition) is 15. The fraction of sp³-hybridized carbons (Fsp3) is 0.186. The van der Waals surface area contributed by atoms with E-state index in [1.54, 1.807) is 31.6 Å². The lowest BCUT2D eigenvalue weighted by Gasteiger charge is -2.34. The Labute approximate surface area is 462 Å². The maximum absolute atomic E-state index is 13.7. The molecule has 18 heteroatoms. The first-order chi connectivity index (χ1) is 37.9. The fourth-order valence-electron chi connectivity index (χ4n) is 8.53. The van der Waals surface area contributed by atoms with Crippen molar-refractivity contribution in [2.75, 3.05) is 82.2 Å². The molecule has 2 amide bonds. The molecule has 0 saturated carbocycles. The number of fused-ring (bicyclic) bond motifs is 2. The Balaban J connectivity index is 0.000000179. The van der Waals surface area contributed by atoms with Gasteiger partial charge in [0.1, 0.15) is 60.2 Å². The molecule has 1 aliphatic rings. The van der Waals surface area contributed by atoms with Gasteiger partial charge in [-0.05, 0) is 48.5 Å². The number of anilines is 2. The van der Waals surface area contributed by atoms with Crippen molar-refractivity contribution in [3.63, 3.8) is 0 Å². The average molecular weight is 1130 g/mol. The topological polar surface area (TPSA) is 170 Å². The first-order valence-corrected chi connectivity index (χ1v) is 27.8. The molecule has 11 rings (SSSR count). The van der Waals surface area contributed by atoms with Gasteiger partial charge in [0, 0.05) is 111 Å². The molecule has 0 unspecified atom stereocenters. The van der Waals surface area contributed by atoms with Crippen LogP contribution in [0.3, 0.4) is 0 Å². The quantitative estimate of drug-likeness (QED) is 0.0779. The molecule has 7 heterocycles. The number of amides is 2. The predicted molar refractivity (Wildman–Crippen MR) is 310 cm³/mol. The van der Waals surface area contributed by atoms with E-state index < -0.39 is 0 Å². The summed E-state index contributed by atoms with van der Waals surface area (Å²) in [5, 5.41) is 8.34. The number of halogens is 1. The summed E-state index contributed by atoms with van der Waals surface area (Å²) in [6.07, 6.45) is 3.51. The van der Waals surface area contributed by atoms with Crippen LogP contribution < -0.4 is 20.1 Å². The highest BCUT2D eigenvalue weighted by Crippen LogP contribution is 2.36. The number of nitrogens with one attached hydrogen (secondary N) is 2. The Hall–Kier alpha value is -7.84. The second-order valence-corrected chi connectivity index (χ2v) is 20.4. The molecule has 6 aromatic heterocycles. The number of para-hydroxylation sites is 2. The van der Waals surface area contributed by atoms with Crippen LogP contribution in [0.15, 0.2) is 170 Å². The number of carbonyl (C=O) groups is 2. The van der Waals surface area contributed by atoms with E-state index in [1.807, 2.05) is 146 Å². The molecule has 77 heavy (non-hydrogen) atoms. The number of thiazole rings is 2. The number of hydrogen-bond donors (Lipinski definition) is 2. The smallest absolute Gasteiger partial charge is 0.274 e. The van der Waals surface area contributed by atoms with Gasteiger partial charge in [-0.2, -0.15) is 0 Å². The Bertz CT molecular complexity index is 3530. The van der Waals surface area contributed by atoms with Crippen molar-refractivity contribution in [2.24, 2.45) is 0 Å². The molecule has 0 radical (unpaired) electrons. The predicted octanol–water partition coefficient (Wildman–Crippen LogP) is 11.8. The van der Waals surface area contributed by atoms with Gasteiger partial charge in [-0.25, -0.2) is 29.9 Å². The van der Waals surface area contributed by atoms with E-state index in [2.05, 4.69) is 56.3 Å². The first-order valence-electron chi connectivity index (χ1n) is 25.0. The maximum Gasteiger partial charge on any atom is 0.274 e. The van der Waals surface area contributed by atoms with Gasteiger partial charge in [0.2, 0.25) is 0 Å². The summed E-state index contributed by atoms with van der Waals surface area (Å²) in [6.45, 7) is 7.58. The molecule has 10 aromatic rings. The molecular weight excluding hydrogens is 1070 g/mol. The van der Waals surface area contributed by atoms with Crippen molar-refractivity contribution in [1.82, 2.24) is 39.7 Å². The van der Waals surface area contributed by atoms with Crippen LogP contribution in [0.2, 0.25) is 0 Å². The van der Waals surface area contributed by atoms with Crippen LogP contribution in [0.5, 0.6) is 11.5 Å². The van der Waals surface area contributed by atoms with Gasteiger partial charge in [-0.15, -0.1) is 0 Å². The average Bonchev–Trinajstić information content (AvgIpc) is 4.13. The van der Waals surface area contributed by atoms with Crippen molar-refractivity contribution in [3.05, 3.63) is 182 Å². The number of methoxy groups -OCH3 is 1. The largest absolute Gasteiger partial charge is 0.493 e. The second-order valence-electron chi connectivity index (χ2n) is 17.6. The summed E-state index contributed by atoms with van der Waals surface area (Å²) in [5.74, 6) is 0.557. The van der Waals surface area contributed by atoms with E-state index in [4.69, 9.17) is 24.2 Å². The summed E-state index contributed by atoms with van der Waals surface area (Å²) in [6, 6.07) is 49.5. The van der Waals surface area contributed by atoms with Gasteiger partial charge < -0.3 is 24.8 Å². The van der Waals surface area contributed by atoms with E-state index in [-0.39, 0.29) is 23.2 Å². The monoisotopic (exact) mass is 1120 g/mol. The van der Waals surface area contributed by atoms with Crippen LogP contribution in [0.1, 0.15) is 21.0 Å². The molecule has 15 nitrogen and oxygen atoms in total. The standard InChI is InChI=1S/C33H34N6O3S.C26H19BrN4O2S/c1-41-20-18-38-14-16-39(17-15-38)19-21-42-25-22-29(24-8-3-2-4-9-24)35-30(23-25)31(40)36-27-11-6-5-10-26(27)32-37-28-12-7-13-34-33(28)43-32;27-12-14-33-18-15-22(17-7-2-1-3-8-17)29-23(16-18)24(32)30-20-10-5-4-9-19(20)25-31-21-11-6-13-28-26(21)34-25/h2-13,22-23H,14-21H2,1H3,(H,36,40);1-11,13,15-16H,12,14H2,(H,30,32). The molecule has 2 N–H and O–H groups in total. The van der Waals surface area contributed by atoms with E-state index in [1.165, 1.54) is 22.7 Å². The number of rotatable bonds is 18. The maximum atomic E-state index is 13.7. The minimum Gasteiger partial charge on any atom is -0.493 e. The van der Waals surface area contributed by atoms with Gasteiger partial charge in [-0.3, -0.25) is 19.4 Å². The summed E-state index contributed by atoms with van der Waals surface area (Å²) < 4.78 is 17.2. The van der Waals surface area contributed by atoms with Crippen LogP contribution in [-0.4, -0.2) is 123 Å². The summed E-state index contributed by atoms with van der Waals surface area (Å²) in [4.78, 5) is 61.1. The van der Waals surface area contributed by atoms with Gasteiger partial charge in [0.25, 0.3) is 11.8 Å². The molecule has 0 aliphatic carbocycles. The third-order valence-electron chi connectivity index (χ3n) is 12.4. The Kier molecular flexibility index (Phi) is 17.6. The van der Waals surface area contributed by atoms with Crippen molar-refractivity contribution >= 4 is 82.5 Å². The van der Waals surface area contributed by atoms with Gasteiger partial charge in [0.05, 0.1) is 36.0 Å². The number of carbonyl (C=O) groups excluding carboxylic acids is 2. The number of aromatic nitrogens is 6. The number of alkyl halides is 1. The van der Waals surface area contributed by atoms with Crippen molar-refractivity contribution in [3.8, 4) is 55.2 Å². The molecule has 1 aliphatic heterocycles. The highest BCUT2D eigenvalue weighted by molar-refractivity contribution is 9.09. The lowest BCUT2D eigenvalue weighted by Crippen LogP contribution is -2.48. The lowest BCUT2D eigenvalue weighted by atomic mass is 10.1. The summed E-state index contributed by atoms with van der Waals surface area (Å²) in [7, 11) is 1.74. The SMILES string of the molecule is COCCN1CCN(CCOc2cc(C(=O)Nc3ccccc3-c3nc4cccnc4s3)nc(-c3ccccc3)c2)CC1.O=C(Nc1ccccc1-c1nc2cccnc2s1)c1cc(OCCBr)cc(-c2ccccc2)n1. The molecular formula is C59H53BrN10O5S2. The zero-order valence-corrected chi connectivity index (χ0v) is 45.3. The first kappa shape index (κ1) is 52.6. The number of ether oxygens (including phenoxy) is 3. The highest BCUT2D eigenvalue weighted by Gasteiger charge is 2.21. The van der Waals surface area contributed by atoms with Crippen LogP contribution in [0, 0.1) is 0 Å². The Morgan fingerprint density at radius 3 is 1.43 bits per heavy atom. The molecule has 0 atom stereocenters. The van der Waals surface area contributed by atoms with Gasteiger partial charge in [-0.1, -0.05) is 124 Å². The van der Waals surface area contributed by atoms with Crippen molar-refractivity contribution < 1.29 is 23.8 Å². The van der Waals surface area contributed by atoms with Gasteiger partial charge in [0.15, 0.2) is 0 Å². The minimum atomic E-state index is -0.326. The molecule has 1 fully saturated rings. The van der Waals surface area contributed by atoms with Crippen molar-refractivity contribution in [2.45, 2.75) is 0 Å². The van der Waals surface area contributed by atoms with E-state index in [0.717, 1.165) is 98.8 Å². The number of nitrogens with zero attached hydrogens (tertiary/aromatic N) is 8. The minimum absolute atomic E-state index is 0.270. The Morgan fingerprint density at radius 1 is 0.532 bits per heavy atom. The van der Waals surface area contributed by atoms with E-state index in [0.29, 0.717) is 52.8 Å². The van der Waals surface area contributed by atoms with Gasteiger partial charge >= 0.3 is 0 Å². The number of pyridine rings is 4. The summed E-state index contributed by atoms with van der Waals surface area (Å²) in [5.41, 5.74) is 8.35.